The van der Waals surface area contributed by atoms with Crippen molar-refractivity contribution in [1.29, 1.82) is 0 Å². The molecule has 12 heavy (non-hydrogen) atoms. The topological polar surface area (TPSA) is 26.0 Å². The van der Waals surface area contributed by atoms with Gasteiger partial charge in [-0.1, -0.05) is 30.4 Å². The van der Waals surface area contributed by atoms with Gasteiger partial charge in [0.05, 0.1) is 4.99 Å². The first-order chi connectivity index (χ1) is 5.74. The molecule has 1 aromatic carbocycles. The minimum atomic E-state index is 0.552. The number of rotatable bonds is 3. The number of thiocarbonyl (C=S) groups is 1. The predicted octanol–water partition coefficient (Wildman–Crippen LogP) is 2.24. The summed E-state index contributed by atoms with van der Waals surface area (Å²) in [5.74, 6) is 0. The van der Waals surface area contributed by atoms with Gasteiger partial charge < -0.3 is 5.73 Å². The summed E-state index contributed by atoms with van der Waals surface area (Å²) in [5, 5.41) is 0. The van der Waals surface area contributed by atoms with Crippen LogP contribution in [0.5, 0.6) is 0 Å². The van der Waals surface area contributed by atoms with Gasteiger partial charge in [0.1, 0.15) is 0 Å². The maximum atomic E-state index is 5.47. The van der Waals surface area contributed by atoms with Crippen LogP contribution in [0.25, 0.3) is 0 Å². The van der Waals surface area contributed by atoms with Crippen LogP contribution in [0.2, 0.25) is 0 Å². The zero-order valence-corrected chi connectivity index (χ0v) is 8.54. The van der Waals surface area contributed by atoms with Gasteiger partial charge >= 0.3 is 0 Å². The Hall–Kier alpha value is -0.540. The molecule has 0 atom stereocenters. The quantitative estimate of drug-likeness (QED) is 0.594. The van der Waals surface area contributed by atoms with Gasteiger partial charge in [-0.3, -0.25) is 0 Å². The first-order valence-electron chi connectivity index (χ1n) is 3.64. The third-order valence-electron chi connectivity index (χ3n) is 1.56. The van der Waals surface area contributed by atoms with E-state index in [9.17, 15) is 0 Å². The van der Waals surface area contributed by atoms with E-state index in [-0.39, 0.29) is 0 Å². The van der Waals surface area contributed by atoms with Gasteiger partial charge in [-0.05, 0) is 17.9 Å². The first-order valence-corrected chi connectivity index (χ1v) is 5.27. The zero-order valence-electron chi connectivity index (χ0n) is 6.91. The van der Waals surface area contributed by atoms with E-state index >= 15 is 0 Å². The fourth-order valence-corrected chi connectivity index (χ4v) is 1.81. The molecule has 0 aromatic heterocycles. The van der Waals surface area contributed by atoms with Crippen LogP contribution in [-0.4, -0.2) is 11.2 Å². The van der Waals surface area contributed by atoms with Gasteiger partial charge in [-0.25, -0.2) is 0 Å². The Morgan fingerprint density at radius 2 is 2.17 bits per heavy atom. The number of benzene rings is 1. The highest BCUT2D eigenvalue weighted by Crippen LogP contribution is 2.19. The Bertz CT molecular complexity index is 284. The van der Waals surface area contributed by atoms with E-state index in [2.05, 4.69) is 18.4 Å². The van der Waals surface area contributed by atoms with Gasteiger partial charge in [0, 0.05) is 11.3 Å². The second-order valence-electron chi connectivity index (χ2n) is 2.45. The lowest BCUT2D eigenvalue weighted by Gasteiger charge is -2.04. The number of thioether (sulfide) groups is 1. The normalized spacial score (nSPS) is 9.75. The predicted molar refractivity (Wildman–Crippen MR) is 58.7 cm³/mol. The molecule has 0 saturated heterocycles. The van der Waals surface area contributed by atoms with Crippen molar-refractivity contribution in [3.63, 3.8) is 0 Å². The van der Waals surface area contributed by atoms with Crippen molar-refractivity contribution in [2.75, 3.05) is 6.26 Å². The number of hydrogen-bond acceptors (Lipinski definition) is 2. The molecule has 0 aliphatic rings. The minimum Gasteiger partial charge on any atom is -0.393 e. The number of nitrogens with two attached hydrogens (primary N) is 1. The lowest BCUT2D eigenvalue weighted by atomic mass is 10.1. The van der Waals surface area contributed by atoms with Crippen LogP contribution in [0.15, 0.2) is 29.2 Å². The SMILES string of the molecule is CSc1ccccc1CC(N)=S. The molecule has 2 N–H and O–H groups in total. The number of hydrogen-bond donors (Lipinski definition) is 1. The summed E-state index contributed by atoms with van der Waals surface area (Å²) < 4.78 is 0. The first kappa shape index (κ1) is 9.55. The van der Waals surface area contributed by atoms with Crippen molar-refractivity contribution in [2.24, 2.45) is 5.73 Å². The molecule has 0 amide bonds. The van der Waals surface area contributed by atoms with E-state index in [0.717, 1.165) is 0 Å². The van der Waals surface area contributed by atoms with E-state index in [1.54, 1.807) is 11.8 Å². The Balaban J connectivity index is 2.89. The standard InChI is InChI=1S/C9H11NS2/c1-12-8-5-3-2-4-7(8)6-9(10)11/h2-5H,6H2,1H3,(H2,10,11). The maximum Gasteiger partial charge on any atom is 0.0772 e. The zero-order chi connectivity index (χ0) is 8.97. The molecule has 0 aliphatic heterocycles. The van der Waals surface area contributed by atoms with Crippen molar-refractivity contribution in [3.05, 3.63) is 29.8 Å². The summed E-state index contributed by atoms with van der Waals surface area (Å²) in [6.45, 7) is 0. The second kappa shape index (κ2) is 4.48. The van der Waals surface area contributed by atoms with Crippen molar-refractivity contribution < 1.29 is 0 Å². The van der Waals surface area contributed by atoms with Crippen LogP contribution in [0.1, 0.15) is 5.56 Å². The summed E-state index contributed by atoms with van der Waals surface area (Å²) in [4.78, 5) is 1.81. The molecule has 0 saturated carbocycles. The molecule has 0 unspecified atom stereocenters. The molecule has 0 aliphatic carbocycles. The molecule has 3 heteroatoms. The van der Waals surface area contributed by atoms with Crippen molar-refractivity contribution >= 4 is 29.0 Å². The molecule has 0 heterocycles. The molecule has 64 valence electrons. The Morgan fingerprint density at radius 1 is 1.50 bits per heavy atom. The molecule has 0 radical (unpaired) electrons. The van der Waals surface area contributed by atoms with Gasteiger partial charge in [0.2, 0.25) is 0 Å². The molecule has 1 rings (SSSR count). The molecular weight excluding hydrogens is 186 g/mol. The molecule has 0 spiro atoms. The smallest absolute Gasteiger partial charge is 0.0772 e. The van der Waals surface area contributed by atoms with E-state index in [0.29, 0.717) is 11.4 Å². The third kappa shape index (κ3) is 2.50. The minimum absolute atomic E-state index is 0.552. The highest BCUT2D eigenvalue weighted by molar-refractivity contribution is 7.98. The summed E-state index contributed by atoms with van der Waals surface area (Å²) in [7, 11) is 0. The maximum absolute atomic E-state index is 5.47. The van der Waals surface area contributed by atoms with Crippen molar-refractivity contribution in [2.45, 2.75) is 11.3 Å². The van der Waals surface area contributed by atoms with E-state index in [1.165, 1.54) is 10.5 Å². The molecule has 1 nitrogen and oxygen atoms in total. The van der Waals surface area contributed by atoms with Gasteiger partial charge in [0.15, 0.2) is 0 Å². The monoisotopic (exact) mass is 197 g/mol. The van der Waals surface area contributed by atoms with Gasteiger partial charge in [-0.15, -0.1) is 11.8 Å². The van der Waals surface area contributed by atoms with Crippen LogP contribution in [0.4, 0.5) is 0 Å². The van der Waals surface area contributed by atoms with E-state index in [4.69, 9.17) is 18.0 Å². The second-order valence-corrected chi connectivity index (χ2v) is 3.83. The highest BCUT2D eigenvalue weighted by atomic mass is 32.2. The summed E-state index contributed by atoms with van der Waals surface area (Å²) in [6.07, 6.45) is 2.75. The van der Waals surface area contributed by atoms with Crippen LogP contribution in [0.3, 0.4) is 0 Å². The van der Waals surface area contributed by atoms with E-state index in [1.807, 2.05) is 12.1 Å². The van der Waals surface area contributed by atoms with Crippen molar-refractivity contribution in [3.8, 4) is 0 Å². The summed E-state index contributed by atoms with van der Waals surface area (Å²) >= 11 is 6.58. The Labute approximate surface area is 82.3 Å². The highest BCUT2D eigenvalue weighted by Gasteiger charge is 2.00. The lowest BCUT2D eigenvalue weighted by molar-refractivity contribution is 1.22. The van der Waals surface area contributed by atoms with Crippen LogP contribution in [0, 0.1) is 0 Å². The molecule has 1 aromatic rings. The van der Waals surface area contributed by atoms with Crippen molar-refractivity contribution in [1.82, 2.24) is 0 Å². The Kier molecular flexibility index (Phi) is 3.56. The fraction of sp³-hybridized carbons (Fsp3) is 0.222. The average molecular weight is 197 g/mol. The lowest BCUT2D eigenvalue weighted by Crippen LogP contribution is -2.11. The molecule has 0 fully saturated rings. The van der Waals surface area contributed by atoms with E-state index < -0.39 is 0 Å². The summed E-state index contributed by atoms with van der Waals surface area (Å²) in [6, 6.07) is 8.17. The van der Waals surface area contributed by atoms with Crippen LogP contribution < -0.4 is 5.73 Å². The average Bonchev–Trinajstić information content (AvgIpc) is 2.04. The molecular formula is C9H11NS2. The molecule has 0 bridgehead atoms. The van der Waals surface area contributed by atoms with Crippen LogP contribution in [-0.2, 0) is 6.42 Å². The fourth-order valence-electron chi connectivity index (χ4n) is 1.04. The van der Waals surface area contributed by atoms with Gasteiger partial charge in [0.25, 0.3) is 0 Å². The van der Waals surface area contributed by atoms with Crippen LogP contribution >= 0.6 is 24.0 Å². The van der Waals surface area contributed by atoms with Gasteiger partial charge in [-0.2, -0.15) is 0 Å². The largest absolute Gasteiger partial charge is 0.393 e. The third-order valence-corrected chi connectivity index (χ3v) is 2.54. The Morgan fingerprint density at radius 3 is 2.75 bits per heavy atom. The summed E-state index contributed by atoms with van der Waals surface area (Å²) in [5.41, 5.74) is 6.69.